The van der Waals surface area contributed by atoms with E-state index in [2.05, 4.69) is 4.98 Å². The molecule has 1 aromatic carbocycles. The number of hydrogen-bond donors (Lipinski definition) is 2. The van der Waals surface area contributed by atoms with E-state index in [9.17, 15) is 18.0 Å². The Morgan fingerprint density at radius 1 is 1.38 bits per heavy atom. The first-order valence-electron chi connectivity index (χ1n) is 7.97. The number of carbonyl (C=O) groups excluding carboxylic acids is 1. The van der Waals surface area contributed by atoms with Crippen LogP contribution >= 0.6 is 0 Å². The van der Waals surface area contributed by atoms with Crippen LogP contribution < -0.4 is 5.73 Å². The first-order valence-corrected chi connectivity index (χ1v) is 7.97. The molecule has 2 heterocycles. The number of likely N-dealkylation sites (N-methyl/N-ethyl adjacent to an activating group) is 1. The first-order chi connectivity index (χ1) is 11.3. The zero-order chi connectivity index (χ0) is 17.2. The highest BCUT2D eigenvalue weighted by molar-refractivity contribution is 5.90. The van der Waals surface area contributed by atoms with Crippen molar-refractivity contribution in [3.63, 3.8) is 0 Å². The van der Waals surface area contributed by atoms with Crippen LogP contribution in [0.1, 0.15) is 29.2 Å². The van der Waals surface area contributed by atoms with Gasteiger partial charge in [0.1, 0.15) is 5.69 Å². The quantitative estimate of drug-likeness (QED) is 0.840. The molecule has 3 atom stereocenters. The van der Waals surface area contributed by atoms with E-state index in [1.165, 1.54) is 0 Å². The molecule has 2 aromatic rings. The van der Waals surface area contributed by atoms with Gasteiger partial charge in [-0.2, -0.15) is 13.2 Å². The maximum Gasteiger partial charge on any atom is 0.431 e. The number of nitrogens with one attached hydrogen (secondary N) is 1. The Labute approximate surface area is 136 Å². The monoisotopic (exact) mass is 337 g/mol. The largest absolute Gasteiger partial charge is 0.431 e. The molecule has 1 aliphatic carbocycles. The SMILES string of the molecule is CN1CC(C(N)=O)CC2c3cccc4[nH]c(C(F)(F)F)c(c34)CC21. The lowest BCUT2D eigenvalue weighted by Crippen LogP contribution is -2.50. The molecule has 1 fully saturated rings. The van der Waals surface area contributed by atoms with Crippen molar-refractivity contribution in [1.82, 2.24) is 9.88 Å². The predicted molar refractivity (Wildman–Crippen MR) is 83.5 cm³/mol. The van der Waals surface area contributed by atoms with Crippen LogP contribution in [0, 0.1) is 5.92 Å². The average Bonchev–Trinajstić information content (AvgIpc) is 2.88. The summed E-state index contributed by atoms with van der Waals surface area (Å²) in [5, 5.41) is 0.671. The lowest BCUT2D eigenvalue weighted by atomic mass is 9.72. The molecule has 0 spiro atoms. The van der Waals surface area contributed by atoms with Gasteiger partial charge >= 0.3 is 6.18 Å². The molecule has 128 valence electrons. The highest BCUT2D eigenvalue weighted by Crippen LogP contribution is 2.47. The number of benzene rings is 1. The summed E-state index contributed by atoms with van der Waals surface area (Å²) in [5.74, 6) is -0.591. The van der Waals surface area contributed by atoms with E-state index in [-0.39, 0.29) is 23.8 Å². The van der Waals surface area contributed by atoms with Crippen molar-refractivity contribution >= 4 is 16.8 Å². The van der Waals surface area contributed by atoms with Gasteiger partial charge in [0.15, 0.2) is 0 Å². The van der Waals surface area contributed by atoms with E-state index in [1.807, 2.05) is 18.0 Å². The van der Waals surface area contributed by atoms with Gasteiger partial charge in [-0.15, -0.1) is 0 Å². The molecule has 4 nitrogen and oxygen atoms in total. The zero-order valence-corrected chi connectivity index (χ0v) is 13.2. The Morgan fingerprint density at radius 2 is 2.12 bits per heavy atom. The highest BCUT2D eigenvalue weighted by Gasteiger charge is 2.45. The van der Waals surface area contributed by atoms with Crippen molar-refractivity contribution in [1.29, 1.82) is 0 Å². The number of alkyl halides is 3. The Kier molecular flexibility index (Phi) is 3.22. The number of nitrogens with zero attached hydrogens (tertiary/aromatic N) is 1. The normalized spacial score (nSPS) is 27.2. The maximum absolute atomic E-state index is 13.4. The standard InChI is InChI=1S/C17H18F3N3O/c1-23-7-8(16(21)24)5-10-9-3-2-4-12-14(9)11(6-13(10)23)15(22-12)17(18,19)20/h2-4,8,10,13,22H,5-7H2,1H3,(H2,21,24). The van der Waals surface area contributed by atoms with Crippen LogP contribution in [0.4, 0.5) is 13.2 Å². The molecule has 7 heteroatoms. The van der Waals surface area contributed by atoms with E-state index in [1.54, 1.807) is 12.1 Å². The molecule has 0 saturated carbocycles. The fourth-order valence-electron chi connectivity index (χ4n) is 4.48. The van der Waals surface area contributed by atoms with Crippen molar-refractivity contribution in [2.75, 3.05) is 13.6 Å². The average molecular weight is 337 g/mol. The van der Waals surface area contributed by atoms with Crippen molar-refractivity contribution in [3.05, 3.63) is 35.0 Å². The van der Waals surface area contributed by atoms with Gasteiger partial charge in [0.05, 0.1) is 5.92 Å². The van der Waals surface area contributed by atoms with Crippen molar-refractivity contribution in [2.24, 2.45) is 11.7 Å². The fraction of sp³-hybridized carbons (Fsp3) is 0.471. The molecule has 2 aliphatic rings. The van der Waals surface area contributed by atoms with E-state index < -0.39 is 11.9 Å². The van der Waals surface area contributed by atoms with E-state index in [0.717, 1.165) is 5.56 Å². The summed E-state index contributed by atoms with van der Waals surface area (Å²) in [6, 6.07) is 5.29. The topological polar surface area (TPSA) is 62.1 Å². The molecule has 1 aliphatic heterocycles. The minimum Gasteiger partial charge on any atom is -0.369 e. The van der Waals surface area contributed by atoms with Crippen LogP contribution in [0.3, 0.4) is 0 Å². The van der Waals surface area contributed by atoms with E-state index in [4.69, 9.17) is 5.73 Å². The van der Waals surface area contributed by atoms with Gasteiger partial charge in [-0.1, -0.05) is 12.1 Å². The number of H-pyrrole nitrogens is 1. The lowest BCUT2D eigenvalue weighted by molar-refractivity contribution is -0.141. The molecular weight excluding hydrogens is 319 g/mol. The molecule has 24 heavy (non-hydrogen) atoms. The van der Waals surface area contributed by atoms with E-state index >= 15 is 0 Å². The number of aromatic nitrogens is 1. The molecule has 0 radical (unpaired) electrons. The van der Waals surface area contributed by atoms with Gasteiger partial charge in [-0.3, -0.25) is 4.79 Å². The van der Waals surface area contributed by atoms with Crippen LogP contribution in [0.25, 0.3) is 10.9 Å². The van der Waals surface area contributed by atoms with Crippen LogP contribution in [-0.4, -0.2) is 35.4 Å². The Hall–Kier alpha value is -2.02. The summed E-state index contributed by atoms with van der Waals surface area (Å²) >= 11 is 0. The number of aromatic amines is 1. The number of amides is 1. The second-order valence-corrected chi connectivity index (χ2v) is 6.90. The molecular formula is C17H18F3N3O. The number of rotatable bonds is 1. The number of primary amides is 1. The van der Waals surface area contributed by atoms with Crippen molar-refractivity contribution in [2.45, 2.75) is 31.0 Å². The van der Waals surface area contributed by atoms with Crippen LogP contribution in [0.2, 0.25) is 0 Å². The zero-order valence-electron chi connectivity index (χ0n) is 13.2. The van der Waals surface area contributed by atoms with Crippen LogP contribution in [0.5, 0.6) is 0 Å². The number of hydrogen-bond acceptors (Lipinski definition) is 2. The highest BCUT2D eigenvalue weighted by atomic mass is 19.4. The lowest BCUT2D eigenvalue weighted by Gasteiger charge is -2.45. The summed E-state index contributed by atoms with van der Waals surface area (Å²) in [6.07, 6.45) is -3.48. The van der Waals surface area contributed by atoms with Gasteiger partial charge < -0.3 is 15.6 Å². The summed E-state index contributed by atoms with van der Waals surface area (Å²) < 4.78 is 40.2. The third kappa shape index (κ3) is 2.14. The van der Waals surface area contributed by atoms with Gasteiger partial charge in [-0.25, -0.2) is 0 Å². The second-order valence-electron chi connectivity index (χ2n) is 6.90. The Bertz CT molecular complexity index is 826. The van der Waals surface area contributed by atoms with Gasteiger partial charge in [-0.05, 0) is 37.1 Å². The molecule has 3 N–H and O–H groups in total. The molecule has 1 aromatic heterocycles. The summed E-state index contributed by atoms with van der Waals surface area (Å²) in [6.45, 7) is 0.494. The molecule has 3 unspecified atom stereocenters. The smallest absolute Gasteiger partial charge is 0.369 e. The number of piperidine rings is 1. The number of halogens is 3. The van der Waals surface area contributed by atoms with E-state index in [0.29, 0.717) is 35.9 Å². The Balaban J connectivity index is 1.90. The summed E-state index contributed by atoms with van der Waals surface area (Å²) in [4.78, 5) is 16.2. The van der Waals surface area contributed by atoms with Crippen molar-refractivity contribution < 1.29 is 18.0 Å². The van der Waals surface area contributed by atoms with Crippen molar-refractivity contribution in [3.8, 4) is 0 Å². The first kappa shape index (κ1) is 15.5. The van der Waals surface area contributed by atoms with Gasteiger partial charge in [0.25, 0.3) is 0 Å². The summed E-state index contributed by atoms with van der Waals surface area (Å²) in [7, 11) is 1.86. The number of carbonyl (C=O) groups is 1. The molecule has 1 saturated heterocycles. The molecule has 1 amide bonds. The number of nitrogens with two attached hydrogens (primary N) is 1. The molecule has 4 rings (SSSR count). The number of likely N-dealkylation sites (tertiary alicyclic amines) is 1. The predicted octanol–water partition coefficient (Wildman–Crippen LogP) is 2.63. The third-order valence-electron chi connectivity index (χ3n) is 5.54. The minimum atomic E-state index is -4.40. The summed E-state index contributed by atoms with van der Waals surface area (Å²) in [5.41, 5.74) is 6.59. The van der Waals surface area contributed by atoms with Crippen LogP contribution in [-0.2, 0) is 17.4 Å². The fourth-order valence-corrected chi connectivity index (χ4v) is 4.48. The number of fused-ring (bicyclic) bond motifs is 2. The maximum atomic E-state index is 13.4. The second kappa shape index (κ2) is 4.99. The van der Waals surface area contributed by atoms with Crippen LogP contribution in [0.15, 0.2) is 18.2 Å². The molecule has 0 bridgehead atoms. The Morgan fingerprint density at radius 3 is 2.79 bits per heavy atom. The minimum absolute atomic E-state index is 0.0225. The third-order valence-corrected chi connectivity index (χ3v) is 5.54. The van der Waals surface area contributed by atoms with Gasteiger partial charge in [0.2, 0.25) is 5.91 Å². The van der Waals surface area contributed by atoms with Gasteiger partial charge in [0, 0.05) is 29.4 Å².